The maximum Gasteiger partial charge on any atom is 0.132 e. The third-order valence-corrected chi connectivity index (χ3v) is 5.85. The molecule has 0 radical (unpaired) electrons. The second kappa shape index (κ2) is 8.52. The molecule has 2 atom stereocenters. The van der Waals surface area contributed by atoms with Crippen LogP contribution in [-0.4, -0.2) is 10.1 Å². The molecular weight excluding hydrogens is 358 g/mol. The van der Waals surface area contributed by atoms with Crippen LogP contribution in [0, 0.1) is 5.92 Å². The van der Waals surface area contributed by atoms with Gasteiger partial charge in [0.25, 0.3) is 0 Å². The van der Waals surface area contributed by atoms with E-state index in [1.807, 2.05) is 18.3 Å². The third kappa shape index (κ3) is 4.24. The topological polar surface area (TPSA) is 42.4 Å². The van der Waals surface area contributed by atoms with Gasteiger partial charge in [-0.05, 0) is 55.0 Å². The van der Waals surface area contributed by atoms with Crippen molar-refractivity contribution in [2.75, 3.05) is 0 Å². The van der Waals surface area contributed by atoms with E-state index in [9.17, 15) is 5.11 Å². The summed E-state index contributed by atoms with van der Waals surface area (Å²) in [4.78, 5) is 4.24. The van der Waals surface area contributed by atoms with Crippen LogP contribution in [0.4, 0.5) is 0 Å². The Kier molecular flexibility index (Phi) is 6.80. The maximum absolute atomic E-state index is 10.8. The van der Waals surface area contributed by atoms with Gasteiger partial charge in [0.05, 0.1) is 5.56 Å². The highest BCUT2D eigenvalue weighted by atomic mass is 35.5. The normalized spacial score (nSPS) is 16.3. The SMILES string of the molecule is CCCCCC(C)C(C)c1cc(O)c2c(c1)OC(C)(C)c1cnccc1-2.Cl. The number of phenolic OH excluding ortho intramolecular Hbond substituents is 1. The number of ether oxygens (including phenoxy) is 1. The van der Waals surface area contributed by atoms with E-state index in [1.54, 1.807) is 6.20 Å². The van der Waals surface area contributed by atoms with E-state index in [2.05, 4.69) is 45.7 Å². The maximum atomic E-state index is 10.8. The lowest BCUT2D eigenvalue weighted by molar-refractivity contribution is 0.104. The van der Waals surface area contributed by atoms with E-state index >= 15 is 0 Å². The van der Waals surface area contributed by atoms with E-state index in [0.717, 1.165) is 28.0 Å². The molecule has 2 unspecified atom stereocenters. The van der Waals surface area contributed by atoms with Crippen LogP contribution in [0.2, 0.25) is 0 Å². The molecule has 1 aromatic carbocycles. The molecule has 4 heteroatoms. The summed E-state index contributed by atoms with van der Waals surface area (Å²) in [5.74, 6) is 2.03. The Morgan fingerprint density at radius 3 is 2.63 bits per heavy atom. The number of unbranched alkanes of at least 4 members (excludes halogenated alkanes) is 2. The van der Waals surface area contributed by atoms with Gasteiger partial charge in [-0.25, -0.2) is 0 Å². The molecule has 0 aliphatic carbocycles. The van der Waals surface area contributed by atoms with Crippen molar-refractivity contribution >= 4 is 12.4 Å². The van der Waals surface area contributed by atoms with Crippen LogP contribution in [-0.2, 0) is 5.60 Å². The highest BCUT2D eigenvalue weighted by Crippen LogP contribution is 2.50. The van der Waals surface area contributed by atoms with Gasteiger partial charge in [0.2, 0.25) is 0 Å². The van der Waals surface area contributed by atoms with Gasteiger partial charge < -0.3 is 9.84 Å². The standard InChI is InChI=1S/C23H31NO2.ClH/c1-6-7-8-9-15(2)16(3)17-12-20(25)22-18-10-11-24-14-19(18)23(4,5)26-21(22)13-17;/h10-16,25H,6-9H2,1-5H3;1H. The van der Waals surface area contributed by atoms with Crippen molar-refractivity contribution in [1.29, 1.82) is 0 Å². The predicted octanol–water partition coefficient (Wildman–Crippen LogP) is 6.82. The van der Waals surface area contributed by atoms with Crippen LogP contribution in [0.5, 0.6) is 11.5 Å². The average Bonchev–Trinajstić information content (AvgIpc) is 2.60. The quantitative estimate of drug-likeness (QED) is 0.551. The van der Waals surface area contributed by atoms with Crippen LogP contribution in [0.15, 0.2) is 30.6 Å². The van der Waals surface area contributed by atoms with Crippen LogP contribution < -0.4 is 4.74 Å². The van der Waals surface area contributed by atoms with E-state index in [4.69, 9.17) is 4.74 Å². The first-order valence-corrected chi connectivity index (χ1v) is 9.86. The monoisotopic (exact) mass is 389 g/mol. The van der Waals surface area contributed by atoms with Crippen molar-refractivity contribution in [2.45, 2.75) is 71.8 Å². The van der Waals surface area contributed by atoms with Crippen LogP contribution in [0.3, 0.4) is 0 Å². The van der Waals surface area contributed by atoms with Gasteiger partial charge in [0.15, 0.2) is 0 Å². The molecule has 0 amide bonds. The smallest absolute Gasteiger partial charge is 0.132 e. The molecule has 1 N–H and O–H groups in total. The minimum absolute atomic E-state index is 0. The summed E-state index contributed by atoms with van der Waals surface area (Å²) < 4.78 is 6.30. The van der Waals surface area contributed by atoms with Crippen molar-refractivity contribution in [3.05, 3.63) is 41.7 Å². The van der Waals surface area contributed by atoms with Crippen molar-refractivity contribution in [3.63, 3.8) is 0 Å². The molecule has 2 heterocycles. The molecule has 0 saturated heterocycles. The molecule has 0 spiro atoms. The van der Waals surface area contributed by atoms with Crippen molar-refractivity contribution in [2.24, 2.45) is 5.92 Å². The first-order valence-electron chi connectivity index (χ1n) is 9.86. The Balaban J connectivity index is 0.00000261. The molecule has 1 aliphatic rings. The zero-order chi connectivity index (χ0) is 18.9. The summed E-state index contributed by atoms with van der Waals surface area (Å²) in [6, 6.07) is 6.02. The third-order valence-electron chi connectivity index (χ3n) is 5.85. The Hall–Kier alpha value is -1.74. The van der Waals surface area contributed by atoms with Gasteiger partial charge in [0.1, 0.15) is 17.1 Å². The van der Waals surface area contributed by atoms with Gasteiger partial charge in [-0.2, -0.15) is 0 Å². The zero-order valence-electron chi connectivity index (χ0n) is 17.1. The minimum Gasteiger partial charge on any atom is -0.507 e. The number of pyridine rings is 1. The lowest BCUT2D eigenvalue weighted by Crippen LogP contribution is -2.29. The van der Waals surface area contributed by atoms with Crippen LogP contribution in [0.1, 0.15) is 77.3 Å². The summed E-state index contributed by atoms with van der Waals surface area (Å²) in [6.07, 6.45) is 8.63. The number of phenols is 1. The lowest BCUT2D eigenvalue weighted by atomic mass is 9.82. The van der Waals surface area contributed by atoms with E-state index in [0.29, 0.717) is 17.6 Å². The summed E-state index contributed by atoms with van der Waals surface area (Å²) in [5, 5.41) is 10.8. The number of halogens is 1. The number of rotatable bonds is 6. The Labute approximate surface area is 169 Å². The molecule has 27 heavy (non-hydrogen) atoms. The Morgan fingerprint density at radius 1 is 1.19 bits per heavy atom. The largest absolute Gasteiger partial charge is 0.507 e. The van der Waals surface area contributed by atoms with Gasteiger partial charge in [-0.15, -0.1) is 12.4 Å². The first-order chi connectivity index (χ1) is 12.3. The molecule has 0 bridgehead atoms. The summed E-state index contributed by atoms with van der Waals surface area (Å²) in [6.45, 7) is 10.9. The molecular formula is C23H32ClNO2. The van der Waals surface area contributed by atoms with E-state index in [-0.39, 0.29) is 12.4 Å². The molecule has 3 rings (SSSR count). The number of hydrogen-bond donors (Lipinski definition) is 1. The fourth-order valence-corrected chi connectivity index (χ4v) is 3.95. The first kappa shape index (κ1) is 21.6. The predicted molar refractivity (Wildman–Crippen MR) is 114 cm³/mol. The Morgan fingerprint density at radius 2 is 1.93 bits per heavy atom. The number of benzene rings is 1. The molecule has 0 fully saturated rings. The average molecular weight is 390 g/mol. The fourth-order valence-electron chi connectivity index (χ4n) is 3.95. The zero-order valence-corrected chi connectivity index (χ0v) is 17.9. The van der Waals surface area contributed by atoms with E-state index < -0.39 is 5.60 Å². The number of aromatic hydroxyl groups is 1. The second-order valence-corrected chi connectivity index (χ2v) is 8.21. The van der Waals surface area contributed by atoms with Crippen molar-refractivity contribution in [3.8, 4) is 22.6 Å². The van der Waals surface area contributed by atoms with Crippen LogP contribution >= 0.6 is 12.4 Å². The second-order valence-electron chi connectivity index (χ2n) is 8.21. The van der Waals surface area contributed by atoms with Gasteiger partial charge >= 0.3 is 0 Å². The minimum atomic E-state index is -0.461. The molecule has 0 saturated carbocycles. The molecule has 2 aromatic rings. The fraction of sp³-hybridized carbons (Fsp3) is 0.522. The molecule has 1 aliphatic heterocycles. The molecule has 148 valence electrons. The summed E-state index contributed by atoms with van der Waals surface area (Å²) in [7, 11) is 0. The van der Waals surface area contributed by atoms with Gasteiger partial charge in [-0.3, -0.25) is 4.98 Å². The number of hydrogen-bond acceptors (Lipinski definition) is 3. The number of nitrogens with zero attached hydrogens (tertiary/aromatic N) is 1. The summed E-state index contributed by atoms with van der Waals surface area (Å²) >= 11 is 0. The number of fused-ring (bicyclic) bond motifs is 3. The van der Waals surface area contributed by atoms with E-state index in [1.165, 1.54) is 25.7 Å². The van der Waals surface area contributed by atoms with Crippen LogP contribution in [0.25, 0.3) is 11.1 Å². The number of aromatic nitrogens is 1. The molecule has 3 nitrogen and oxygen atoms in total. The van der Waals surface area contributed by atoms with Gasteiger partial charge in [0, 0.05) is 18.0 Å². The van der Waals surface area contributed by atoms with Crippen molar-refractivity contribution in [1.82, 2.24) is 4.98 Å². The van der Waals surface area contributed by atoms with Gasteiger partial charge in [-0.1, -0.05) is 46.5 Å². The lowest BCUT2D eigenvalue weighted by Gasteiger charge is -2.35. The summed E-state index contributed by atoms with van der Waals surface area (Å²) in [5.41, 5.74) is 3.50. The van der Waals surface area contributed by atoms with Crippen molar-refractivity contribution < 1.29 is 9.84 Å². The molecule has 1 aromatic heterocycles. The Bertz CT molecular complexity index is 788. The highest BCUT2D eigenvalue weighted by molar-refractivity contribution is 5.85. The highest BCUT2D eigenvalue weighted by Gasteiger charge is 2.35.